The number of nitrogens with zero attached hydrogens (tertiary/aromatic N) is 2. The Morgan fingerprint density at radius 3 is 2.31 bits per heavy atom. The van der Waals surface area contributed by atoms with Crippen LogP contribution in [0.4, 0.5) is 0 Å². The first kappa shape index (κ1) is 25.9. The number of hydrogen-bond acceptors (Lipinski definition) is 6. The number of esters is 2. The molecule has 0 atom stereocenters. The van der Waals surface area contributed by atoms with E-state index >= 15 is 0 Å². The van der Waals surface area contributed by atoms with E-state index in [0.29, 0.717) is 30.6 Å². The number of carbonyl (C=O) groups excluding carboxylic acids is 3. The smallest absolute Gasteiger partial charge is 0.357 e. The van der Waals surface area contributed by atoms with Gasteiger partial charge in [-0.15, -0.1) is 0 Å². The molecule has 0 saturated carbocycles. The lowest BCUT2D eigenvalue weighted by molar-refractivity contribution is 0.00701. The molecule has 0 unspecified atom stereocenters. The highest BCUT2D eigenvalue weighted by atomic mass is 16.6. The van der Waals surface area contributed by atoms with Crippen LogP contribution in [0, 0.1) is 0 Å². The second-order valence-corrected chi connectivity index (χ2v) is 9.31. The van der Waals surface area contributed by atoms with Gasteiger partial charge >= 0.3 is 11.9 Å². The Kier molecular flexibility index (Phi) is 8.22. The molecule has 0 aliphatic carbocycles. The van der Waals surface area contributed by atoms with Gasteiger partial charge in [0.25, 0.3) is 0 Å². The summed E-state index contributed by atoms with van der Waals surface area (Å²) in [5, 5.41) is 0. The zero-order chi connectivity index (χ0) is 25.6. The molecule has 1 aromatic heterocycles. The normalized spacial score (nSPS) is 11.2. The van der Waals surface area contributed by atoms with Gasteiger partial charge in [-0.2, -0.15) is 0 Å². The van der Waals surface area contributed by atoms with E-state index in [4.69, 9.17) is 9.47 Å². The Labute approximate surface area is 206 Å². The molecule has 0 saturated heterocycles. The van der Waals surface area contributed by atoms with Gasteiger partial charge in [0.1, 0.15) is 17.1 Å². The fraction of sp³-hybridized carbons (Fsp3) is 0.357. The second kappa shape index (κ2) is 11.1. The van der Waals surface area contributed by atoms with Gasteiger partial charge in [0.05, 0.1) is 12.7 Å². The maximum absolute atomic E-state index is 12.7. The highest BCUT2D eigenvalue weighted by Crippen LogP contribution is 2.27. The molecule has 3 rings (SSSR count). The molecule has 0 N–H and O–H groups in total. The van der Waals surface area contributed by atoms with E-state index in [1.165, 1.54) is 7.11 Å². The Balaban J connectivity index is 1.94. The predicted octanol–water partition coefficient (Wildman–Crippen LogP) is 5.50. The fourth-order valence-corrected chi connectivity index (χ4v) is 3.83. The summed E-state index contributed by atoms with van der Waals surface area (Å²) in [6.45, 7) is 7.95. The van der Waals surface area contributed by atoms with E-state index in [9.17, 15) is 14.4 Å². The van der Waals surface area contributed by atoms with Crippen LogP contribution in [0.5, 0.6) is 0 Å². The molecule has 184 valence electrons. The third kappa shape index (κ3) is 6.23. The van der Waals surface area contributed by atoms with Crippen LogP contribution < -0.4 is 0 Å². The minimum atomic E-state index is -0.592. The van der Waals surface area contributed by atoms with Gasteiger partial charge in [-0.3, -0.25) is 4.79 Å². The average Bonchev–Trinajstić information content (AvgIpc) is 3.18. The molecule has 3 aromatic rings. The fourth-order valence-electron chi connectivity index (χ4n) is 3.83. The van der Waals surface area contributed by atoms with E-state index in [2.05, 4.69) is 11.9 Å². The number of benzene rings is 2. The van der Waals surface area contributed by atoms with Gasteiger partial charge in [0.15, 0.2) is 12.0 Å². The standard InChI is InChI=1S/C28H32N2O5/c1-6-7-12-24-29-23(18-31)25(27(33)34-5)30(24)17-19-13-15-20(16-14-19)21-10-8-9-11-22(21)26(32)35-28(2,3)4/h8-11,13-16,18H,6-7,12,17H2,1-5H3. The monoisotopic (exact) mass is 476 g/mol. The van der Waals surface area contributed by atoms with E-state index in [1.54, 1.807) is 10.6 Å². The number of aryl methyl sites for hydroxylation is 1. The molecule has 1 heterocycles. The zero-order valence-corrected chi connectivity index (χ0v) is 21.0. The highest BCUT2D eigenvalue weighted by Gasteiger charge is 2.24. The first-order valence-corrected chi connectivity index (χ1v) is 11.7. The number of methoxy groups -OCH3 is 1. The number of aromatic nitrogens is 2. The lowest BCUT2D eigenvalue weighted by atomic mass is 9.98. The summed E-state index contributed by atoms with van der Waals surface area (Å²) < 4.78 is 12.2. The number of aldehydes is 1. The van der Waals surface area contributed by atoms with E-state index in [1.807, 2.05) is 63.2 Å². The van der Waals surface area contributed by atoms with Crippen molar-refractivity contribution in [3.05, 3.63) is 76.9 Å². The van der Waals surface area contributed by atoms with Crippen LogP contribution in [0.25, 0.3) is 11.1 Å². The molecule has 7 heteroatoms. The SMILES string of the molecule is CCCCc1nc(C=O)c(C(=O)OC)n1Cc1ccc(-c2ccccc2C(=O)OC(C)(C)C)cc1. The molecule has 35 heavy (non-hydrogen) atoms. The van der Waals surface area contributed by atoms with Crippen molar-refractivity contribution < 1.29 is 23.9 Å². The summed E-state index contributed by atoms with van der Waals surface area (Å²) in [4.78, 5) is 41.2. The molecule has 0 fully saturated rings. The van der Waals surface area contributed by atoms with Crippen molar-refractivity contribution in [2.75, 3.05) is 7.11 Å². The molecular formula is C28H32N2O5. The molecule has 0 aliphatic heterocycles. The van der Waals surface area contributed by atoms with Crippen LogP contribution in [-0.4, -0.2) is 40.5 Å². The van der Waals surface area contributed by atoms with Crippen molar-refractivity contribution in [1.29, 1.82) is 0 Å². The van der Waals surface area contributed by atoms with Crippen LogP contribution in [0.1, 0.15) is 83.3 Å². The predicted molar refractivity (Wildman–Crippen MR) is 134 cm³/mol. The third-order valence-corrected chi connectivity index (χ3v) is 5.47. The molecule has 0 amide bonds. The van der Waals surface area contributed by atoms with Gasteiger partial charge in [0.2, 0.25) is 0 Å². The Hall–Kier alpha value is -3.74. The Morgan fingerprint density at radius 2 is 1.71 bits per heavy atom. The summed E-state index contributed by atoms with van der Waals surface area (Å²) in [6.07, 6.45) is 3.09. The summed E-state index contributed by atoms with van der Waals surface area (Å²) in [5.74, 6) is -0.292. The van der Waals surface area contributed by atoms with Crippen molar-refractivity contribution >= 4 is 18.2 Å². The summed E-state index contributed by atoms with van der Waals surface area (Å²) >= 11 is 0. The molecular weight excluding hydrogens is 444 g/mol. The molecule has 0 spiro atoms. The Morgan fingerprint density at radius 1 is 1.03 bits per heavy atom. The van der Waals surface area contributed by atoms with Gasteiger partial charge in [-0.05, 0) is 49.9 Å². The van der Waals surface area contributed by atoms with Crippen LogP contribution >= 0.6 is 0 Å². The van der Waals surface area contributed by atoms with Gasteiger partial charge < -0.3 is 14.0 Å². The molecule has 0 radical (unpaired) electrons. The number of imidazole rings is 1. The lowest BCUT2D eigenvalue weighted by Gasteiger charge is -2.20. The second-order valence-electron chi connectivity index (χ2n) is 9.31. The molecule has 2 aromatic carbocycles. The summed E-state index contributed by atoms with van der Waals surface area (Å²) in [6, 6.07) is 15.1. The van der Waals surface area contributed by atoms with Crippen molar-refractivity contribution in [2.45, 2.75) is 59.1 Å². The summed E-state index contributed by atoms with van der Waals surface area (Å²) in [7, 11) is 1.29. The van der Waals surface area contributed by atoms with E-state index < -0.39 is 11.6 Å². The Bertz CT molecular complexity index is 1200. The van der Waals surface area contributed by atoms with Crippen molar-refractivity contribution in [3.63, 3.8) is 0 Å². The number of carbonyl (C=O) groups is 3. The van der Waals surface area contributed by atoms with Gasteiger partial charge in [-0.1, -0.05) is 55.8 Å². The average molecular weight is 477 g/mol. The topological polar surface area (TPSA) is 87.5 Å². The first-order valence-electron chi connectivity index (χ1n) is 11.7. The summed E-state index contributed by atoms with van der Waals surface area (Å²) in [5.41, 5.74) is 2.72. The van der Waals surface area contributed by atoms with Crippen LogP contribution in [0.15, 0.2) is 48.5 Å². The zero-order valence-electron chi connectivity index (χ0n) is 21.0. The minimum absolute atomic E-state index is 0.0888. The maximum atomic E-state index is 12.7. The van der Waals surface area contributed by atoms with Gasteiger partial charge in [-0.25, -0.2) is 14.6 Å². The minimum Gasteiger partial charge on any atom is -0.464 e. The molecule has 0 bridgehead atoms. The number of rotatable bonds is 9. The third-order valence-electron chi connectivity index (χ3n) is 5.47. The van der Waals surface area contributed by atoms with Crippen molar-refractivity contribution in [1.82, 2.24) is 9.55 Å². The highest BCUT2D eigenvalue weighted by molar-refractivity contribution is 5.97. The van der Waals surface area contributed by atoms with Crippen LogP contribution in [0.3, 0.4) is 0 Å². The van der Waals surface area contributed by atoms with Gasteiger partial charge in [0, 0.05) is 13.0 Å². The maximum Gasteiger partial charge on any atom is 0.357 e. The van der Waals surface area contributed by atoms with Crippen molar-refractivity contribution in [2.24, 2.45) is 0 Å². The van der Waals surface area contributed by atoms with Crippen molar-refractivity contribution in [3.8, 4) is 11.1 Å². The number of unbranched alkanes of at least 4 members (excludes halogenated alkanes) is 1. The molecule has 7 nitrogen and oxygen atoms in total. The van der Waals surface area contributed by atoms with E-state index in [0.717, 1.165) is 29.5 Å². The number of ether oxygens (including phenoxy) is 2. The van der Waals surface area contributed by atoms with Crippen LogP contribution in [0.2, 0.25) is 0 Å². The van der Waals surface area contributed by atoms with E-state index in [-0.39, 0.29) is 17.4 Å². The van der Waals surface area contributed by atoms with Crippen LogP contribution in [-0.2, 0) is 22.4 Å². The molecule has 0 aliphatic rings. The quantitative estimate of drug-likeness (QED) is 0.300. The largest absolute Gasteiger partial charge is 0.464 e. The first-order chi connectivity index (χ1) is 16.7. The lowest BCUT2D eigenvalue weighted by Crippen LogP contribution is -2.24. The number of hydrogen-bond donors (Lipinski definition) is 0.